The predicted molar refractivity (Wildman–Crippen MR) is 117 cm³/mol. The fraction of sp³-hybridized carbons (Fsp3) is 0.217. The molecule has 0 bridgehead atoms. The van der Waals surface area contributed by atoms with Gasteiger partial charge in [0.25, 0.3) is 0 Å². The average molecular weight is 405 g/mol. The summed E-state index contributed by atoms with van der Waals surface area (Å²) in [6.45, 7) is 2.80. The van der Waals surface area contributed by atoms with Crippen molar-refractivity contribution in [3.8, 4) is 17.0 Å². The molecule has 148 valence electrons. The second-order valence-corrected chi connectivity index (χ2v) is 7.76. The smallest absolute Gasteiger partial charge is 0.119 e. The molecule has 2 N–H and O–H groups in total. The Morgan fingerprint density at radius 1 is 1.21 bits per heavy atom. The highest BCUT2D eigenvalue weighted by molar-refractivity contribution is 7.07. The third-order valence-corrected chi connectivity index (χ3v) is 5.75. The maximum atomic E-state index is 5.36. The number of aryl methyl sites for hydroxylation is 1. The van der Waals surface area contributed by atoms with Gasteiger partial charge in [0.1, 0.15) is 5.75 Å². The summed E-state index contributed by atoms with van der Waals surface area (Å²) in [7, 11) is 1.68. The van der Waals surface area contributed by atoms with Gasteiger partial charge in [-0.2, -0.15) is 16.4 Å². The van der Waals surface area contributed by atoms with E-state index < -0.39 is 0 Å². The van der Waals surface area contributed by atoms with Crippen molar-refractivity contribution in [2.45, 2.75) is 25.9 Å². The lowest BCUT2D eigenvalue weighted by Crippen LogP contribution is -2.24. The quantitative estimate of drug-likeness (QED) is 0.437. The SMILES string of the molecule is COc1cccc(-c2[nH]ncc2CN[C@@H](Cc2ccsc2)c2ncccc2C)c1. The van der Waals surface area contributed by atoms with Crippen molar-refractivity contribution < 1.29 is 4.74 Å². The van der Waals surface area contributed by atoms with Crippen molar-refractivity contribution in [2.75, 3.05) is 7.11 Å². The molecule has 6 heteroatoms. The van der Waals surface area contributed by atoms with Crippen molar-refractivity contribution in [3.05, 3.63) is 88.0 Å². The molecule has 0 saturated heterocycles. The molecule has 1 aromatic carbocycles. The van der Waals surface area contributed by atoms with Crippen LogP contribution in [0.3, 0.4) is 0 Å². The lowest BCUT2D eigenvalue weighted by Gasteiger charge is -2.20. The summed E-state index contributed by atoms with van der Waals surface area (Å²) in [5.41, 5.74) is 6.77. The molecule has 29 heavy (non-hydrogen) atoms. The van der Waals surface area contributed by atoms with E-state index in [-0.39, 0.29) is 6.04 Å². The number of ether oxygens (including phenoxy) is 1. The van der Waals surface area contributed by atoms with Gasteiger partial charge in [-0.15, -0.1) is 0 Å². The monoisotopic (exact) mass is 404 g/mol. The Morgan fingerprint density at radius 3 is 2.93 bits per heavy atom. The van der Waals surface area contributed by atoms with Gasteiger partial charge in [-0.1, -0.05) is 18.2 Å². The minimum absolute atomic E-state index is 0.124. The Bertz CT molecular complexity index is 1060. The molecule has 0 spiro atoms. The second kappa shape index (κ2) is 9.03. The van der Waals surface area contributed by atoms with Crippen molar-refractivity contribution in [1.82, 2.24) is 20.5 Å². The van der Waals surface area contributed by atoms with Crippen LogP contribution < -0.4 is 10.1 Å². The molecular weight excluding hydrogens is 380 g/mol. The molecule has 0 unspecified atom stereocenters. The van der Waals surface area contributed by atoms with Gasteiger partial charge in [0, 0.05) is 23.9 Å². The van der Waals surface area contributed by atoms with Gasteiger partial charge in [-0.3, -0.25) is 10.1 Å². The van der Waals surface area contributed by atoms with Crippen LogP contribution in [-0.2, 0) is 13.0 Å². The van der Waals surface area contributed by atoms with E-state index >= 15 is 0 Å². The summed E-state index contributed by atoms with van der Waals surface area (Å²) in [5, 5.41) is 15.4. The molecule has 0 aliphatic rings. The minimum atomic E-state index is 0.124. The van der Waals surface area contributed by atoms with Gasteiger partial charge in [-0.05, 0) is 59.5 Å². The molecule has 1 atom stereocenters. The number of rotatable bonds is 8. The molecule has 4 rings (SSSR count). The summed E-state index contributed by atoms with van der Waals surface area (Å²) in [5.74, 6) is 0.829. The first-order valence-electron chi connectivity index (χ1n) is 9.57. The number of thiophene rings is 1. The Hall–Kier alpha value is -2.96. The van der Waals surface area contributed by atoms with Gasteiger partial charge < -0.3 is 10.1 Å². The number of pyridine rings is 1. The van der Waals surface area contributed by atoms with Gasteiger partial charge in [0.15, 0.2) is 0 Å². The van der Waals surface area contributed by atoms with E-state index in [0.717, 1.165) is 34.7 Å². The summed E-state index contributed by atoms with van der Waals surface area (Å²) in [6.07, 6.45) is 4.65. The highest BCUT2D eigenvalue weighted by Crippen LogP contribution is 2.26. The zero-order valence-electron chi connectivity index (χ0n) is 16.6. The van der Waals surface area contributed by atoms with Crippen LogP contribution in [0.25, 0.3) is 11.3 Å². The maximum absolute atomic E-state index is 5.36. The molecule has 0 saturated carbocycles. The lowest BCUT2D eigenvalue weighted by molar-refractivity contribution is 0.415. The van der Waals surface area contributed by atoms with E-state index in [2.05, 4.69) is 56.4 Å². The molecule has 0 amide bonds. The largest absolute Gasteiger partial charge is 0.497 e. The van der Waals surface area contributed by atoms with Crippen molar-refractivity contribution in [1.29, 1.82) is 0 Å². The predicted octanol–water partition coefficient (Wildman–Crippen LogP) is 4.92. The Kier molecular flexibility index (Phi) is 6.03. The number of methoxy groups -OCH3 is 1. The molecule has 0 aliphatic heterocycles. The van der Waals surface area contributed by atoms with Gasteiger partial charge in [-0.25, -0.2) is 0 Å². The van der Waals surface area contributed by atoms with Crippen LogP contribution in [-0.4, -0.2) is 22.3 Å². The highest BCUT2D eigenvalue weighted by Gasteiger charge is 2.17. The zero-order chi connectivity index (χ0) is 20.1. The normalized spacial score (nSPS) is 12.1. The van der Waals surface area contributed by atoms with Crippen LogP contribution in [0.2, 0.25) is 0 Å². The number of H-pyrrole nitrogens is 1. The third-order valence-electron chi connectivity index (χ3n) is 5.02. The van der Waals surface area contributed by atoms with E-state index in [0.29, 0.717) is 6.54 Å². The first-order chi connectivity index (χ1) is 14.2. The van der Waals surface area contributed by atoms with Crippen LogP contribution in [0.15, 0.2) is 65.6 Å². The van der Waals surface area contributed by atoms with Crippen LogP contribution in [0.5, 0.6) is 5.75 Å². The fourth-order valence-electron chi connectivity index (χ4n) is 3.48. The second-order valence-electron chi connectivity index (χ2n) is 6.98. The zero-order valence-corrected chi connectivity index (χ0v) is 17.4. The number of nitrogens with one attached hydrogen (secondary N) is 2. The number of nitrogens with zero attached hydrogens (tertiary/aromatic N) is 2. The Morgan fingerprint density at radius 2 is 2.14 bits per heavy atom. The van der Waals surface area contributed by atoms with E-state index in [1.807, 2.05) is 36.7 Å². The molecule has 4 aromatic rings. The summed E-state index contributed by atoms with van der Waals surface area (Å²) in [4.78, 5) is 4.66. The Balaban J connectivity index is 1.57. The van der Waals surface area contributed by atoms with Gasteiger partial charge >= 0.3 is 0 Å². The number of aromatic nitrogens is 3. The first-order valence-corrected chi connectivity index (χ1v) is 10.5. The summed E-state index contributed by atoms with van der Waals surface area (Å²) >= 11 is 1.72. The number of benzene rings is 1. The topological polar surface area (TPSA) is 62.8 Å². The van der Waals surface area contributed by atoms with Crippen molar-refractivity contribution >= 4 is 11.3 Å². The molecular formula is C23H24N4OS. The first kappa shape index (κ1) is 19.4. The molecule has 0 aliphatic carbocycles. The summed E-state index contributed by atoms with van der Waals surface area (Å²) < 4.78 is 5.36. The fourth-order valence-corrected chi connectivity index (χ4v) is 4.16. The van der Waals surface area contributed by atoms with E-state index in [1.165, 1.54) is 11.1 Å². The lowest BCUT2D eigenvalue weighted by atomic mass is 10.0. The Labute approximate surface area is 174 Å². The summed E-state index contributed by atoms with van der Waals surface area (Å²) in [6, 6.07) is 14.4. The van der Waals surface area contributed by atoms with Gasteiger partial charge in [0.2, 0.25) is 0 Å². The van der Waals surface area contributed by atoms with Gasteiger partial charge in [0.05, 0.1) is 30.7 Å². The van der Waals surface area contributed by atoms with Crippen molar-refractivity contribution in [3.63, 3.8) is 0 Å². The van der Waals surface area contributed by atoms with Crippen LogP contribution in [0, 0.1) is 6.92 Å². The number of hydrogen-bond donors (Lipinski definition) is 2. The van der Waals surface area contributed by atoms with E-state index in [4.69, 9.17) is 4.74 Å². The van der Waals surface area contributed by atoms with Crippen LogP contribution >= 0.6 is 11.3 Å². The molecule has 5 nitrogen and oxygen atoms in total. The number of aromatic amines is 1. The van der Waals surface area contributed by atoms with Crippen LogP contribution in [0.1, 0.15) is 28.4 Å². The van der Waals surface area contributed by atoms with Crippen molar-refractivity contribution in [2.24, 2.45) is 0 Å². The molecule has 0 fully saturated rings. The highest BCUT2D eigenvalue weighted by atomic mass is 32.1. The average Bonchev–Trinajstić information content (AvgIpc) is 3.43. The minimum Gasteiger partial charge on any atom is -0.497 e. The molecule has 3 aromatic heterocycles. The van der Waals surface area contributed by atoms with E-state index in [9.17, 15) is 0 Å². The third kappa shape index (κ3) is 4.55. The molecule has 0 radical (unpaired) electrons. The van der Waals surface area contributed by atoms with Crippen LogP contribution in [0.4, 0.5) is 0 Å². The maximum Gasteiger partial charge on any atom is 0.119 e. The number of hydrogen-bond acceptors (Lipinski definition) is 5. The standard InChI is InChI=1S/C23H24N4OS/c1-16-5-4-9-24-22(16)21(11-17-8-10-29-15-17)25-13-19-14-26-27-23(19)18-6-3-7-20(12-18)28-2/h3-10,12,14-15,21,25H,11,13H2,1-2H3,(H,26,27)/t21-/m0/s1. The molecule has 3 heterocycles. The van der Waals surface area contributed by atoms with E-state index in [1.54, 1.807) is 18.4 Å².